The molecule has 0 bridgehead atoms. The first kappa shape index (κ1) is 10.6. The molecule has 0 aromatic rings. The van der Waals surface area contributed by atoms with Gasteiger partial charge in [-0.25, -0.2) is 0 Å². The van der Waals surface area contributed by atoms with Gasteiger partial charge in [0.1, 0.15) is 0 Å². The van der Waals surface area contributed by atoms with Crippen LogP contribution in [0.3, 0.4) is 0 Å². The first-order valence-corrected chi connectivity index (χ1v) is 5.56. The molecule has 0 saturated carbocycles. The number of imide groups is 1. The van der Waals surface area contributed by atoms with E-state index < -0.39 is 0 Å². The van der Waals surface area contributed by atoms with Crippen LogP contribution in [0.25, 0.3) is 0 Å². The van der Waals surface area contributed by atoms with Gasteiger partial charge in [-0.3, -0.25) is 14.9 Å². The largest absolute Gasteiger partial charge is 0.315 e. The second-order valence-corrected chi connectivity index (χ2v) is 4.21. The number of carbonyl (C=O) groups excluding carboxylic acids is 2. The zero-order valence-corrected chi connectivity index (χ0v) is 8.71. The van der Waals surface area contributed by atoms with E-state index in [2.05, 4.69) is 16.0 Å². The first-order chi connectivity index (χ1) is 7.25. The molecule has 2 heterocycles. The third-order valence-corrected chi connectivity index (χ3v) is 2.97. The fraction of sp³-hybridized carbons (Fsp3) is 0.800. The summed E-state index contributed by atoms with van der Waals surface area (Å²) in [5.41, 5.74) is 0. The number of hydrogen-bond acceptors (Lipinski definition) is 4. The SMILES string of the molecule is O=C1CCC(NC2CCCNC2)C(=O)N1. The van der Waals surface area contributed by atoms with Gasteiger partial charge in [0.2, 0.25) is 11.8 Å². The Balaban J connectivity index is 1.82. The van der Waals surface area contributed by atoms with Crippen molar-refractivity contribution in [2.24, 2.45) is 0 Å². The van der Waals surface area contributed by atoms with Gasteiger partial charge in [0.15, 0.2) is 0 Å². The Bertz CT molecular complexity index is 261. The minimum absolute atomic E-state index is 0.153. The molecule has 2 aliphatic heterocycles. The number of amides is 2. The smallest absolute Gasteiger partial charge is 0.243 e. The van der Waals surface area contributed by atoms with E-state index in [-0.39, 0.29) is 17.9 Å². The van der Waals surface area contributed by atoms with Crippen LogP contribution >= 0.6 is 0 Å². The Kier molecular flexibility index (Phi) is 3.33. The Morgan fingerprint density at radius 3 is 2.80 bits per heavy atom. The molecule has 0 spiro atoms. The Morgan fingerprint density at radius 2 is 2.13 bits per heavy atom. The lowest BCUT2D eigenvalue weighted by molar-refractivity contribution is -0.134. The van der Waals surface area contributed by atoms with E-state index in [4.69, 9.17) is 0 Å². The molecule has 2 saturated heterocycles. The third kappa shape index (κ3) is 2.76. The molecule has 2 fully saturated rings. The van der Waals surface area contributed by atoms with Crippen molar-refractivity contribution in [2.75, 3.05) is 13.1 Å². The maximum Gasteiger partial charge on any atom is 0.243 e. The number of rotatable bonds is 2. The molecule has 84 valence electrons. The molecule has 2 rings (SSSR count). The van der Waals surface area contributed by atoms with Crippen LogP contribution in [0.2, 0.25) is 0 Å². The third-order valence-electron chi connectivity index (χ3n) is 2.97. The number of piperidine rings is 2. The predicted octanol–water partition coefficient (Wildman–Crippen LogP) is -0.867. The molecule has 2 atom stereocenters. The molecule has 5 heteroatoms. The van der Waals surface area contributed by atoms with E-state index in [1.807, 2.05) is 0 Å². The van der Waals surface area contributed by atoms with Crippen molar-refractivity contribution in [3.05, 3.63) is 0 Å². The highest BCUT2D eigenvalue weighted by Crippen LogP contribution is 2.08. The Hall–Kier alpha value is -0.940. The molecular formula is C10H17N3O2. The highest BCUT2D eigenvalue weighted by Gasteiger charge is 2.28. The lowest BCUT2D eigenvalue weighted by Gasteiger charge is -2.30. The Labute approximate surface area is 89.0 Å². The number of carbonyl (C=O) groups is 2. The van der Waals surface area contributed by atoms with E-state index in [0.29, 0.717) is 18.9 Å². The molecule has 0 radical (unpaired) electrons. The summed E-state index contributed by atoms with van der Waals surface area (Å²) in [5.74, 6) is -0.323. The van der Waals surface area contributed by atoms with Crippen LogP contribution in [0, 0.1) is 0 Å². The molecule has 2 amide bonds. The second kappa shape index (κ2) is 4.72. The summed E-state index contributed by atoms with van der Waals surface area (Å²) in [5, 5.41) is 8.95. The zero-order chi connectivity index (χ0) is 10.7. The average molecular weight is 211 g/mol. The highest BCUT2D eigenvalue weighted by atomic mass is 16.2. The first-order valence-electron chi connectivity index (χ1n) is 5.56. The van der Waals surface area contributed by atoms with E-state index in [1.54, 1.807) is 0 Å². The minimum Gasteiger partial charge on any atom is -0.315 e. The van der Waals surface area contributed by atoms with E-state index in [1.165, 1.54) is 0 Å². The topological polar surface area (TPSA) is 70.2 Å². The van der Waals surface area contributed by atoms with Crippen LogP contribution in [-0.4, -0.2) is 37.0 Å². The van der Waals surface area contributed by atoms with Gasteiger partial charge < -0.3 is 10.6 Å². The number of nitrogens with one attached hydrogen (secondary N) is 3. The summed E-state index contributed by atoms with van der Waals surface area (Å²) in [6.07, 6.45) is 3.32. The van der Waals surface area contributed by atoms with Gasteiger partial charge in [0, 0.05) is 19.0 Å². The molecule has 0 aliphatic carbocycles. The Morgan fingerprint density at radius 1 is 1.27 bits per heavy atom. The van der Waals surface area contributed by atoms with Crippen LogP contribution < -0.4 is 16.0 Å². The maximum absolute atomic E-state index is 11.5. The van der Waals surface area contributed by atoms with Gasteiger partial charge in [0.25, 0.3) is 0 Å². The van der Waals surface area contributed by atoms with Gasteiger partial charge >= 0.3 is 0 Å². The van der Waals surface area contributed by atoms with Crippen LogP contribution in [0.4, 0.5) is 0 Å². The quantitative estimate of drug-likeness (QED) is 0.519. The second-order valence-electron chi connectivity index (χ2n) is 4.21. The molecule has 2 aliphatic rings. The van der Waals surface area contributed by atoms with E-state index in [0.717, 1.165) is 25.9 Å². The highest BCUT2D eigenvalue weighted by molar-refractivity contribution is 6.00. The van der Waals surface area contributed by atoms with Gasteiger partial charge in [-0.05, 0) is 25.8 Å². The van der Waals surface area contributed by atoms with Crippen molar-refractivity contribution in [2.45, 2.75) is 37.8 Å². The van der Waals surface area contributed by atoms with Crippen molar-refractivity contribution in [3.8, 4) is 0 Å². The van der Waals surface area contributed by atoms with Crippen LogP contribution in [0.1, 0.15) is 25.7 Å². The summed E-state index contributed by atoms with van der Waals surface area (Å²) in [6.45, 7) is 1.98. The lowest BCUT2D eigenvalue weighted by atomic mass is 10.0. The molecule has 0 aromatic heterocycles. The fourth-order valence-electron chi connectivity index (χ4n) is 2.13. The van der Waals surface area contributed by atoms with Crippen molar-refractivity contribution >= 4 is 11.8 Å². The summed E-state index contributed by atoms with van der Waals surface area (Å²) in [7, 11) is 0. The van der Waals surface area contributed by atoms with E-state index in [9.17, 15) is 9.59 Å². The van der Waals surface area contributed by atoms with Crippen molar-refractivity contribution < 1.29 is 9.59 Å². The standard InChI is InChI=1S/C10H17N3O2/c14-9-4-3-8(10(15)13-9)12-7-2-1-5-11-6-7/h7-8,11-12H,1-6H2,(H,13,14,15). The van der Waals surface area contributed by atoms with Crippen LogP contribution in [0.15, 0.2) is 0 Å². The molecule has 2 unspecified atom stereocenters. The van der Waals surface area contributed by atoms with Gasteiger partial charge in [-0.2, -0.15) is 0 Å². The molecule has 15 heavy (non-hydrogen) atoms. The average Bonchev–Trinajstić information content (AvgIpc) is 2.24. The molecule has 5 nitrogen and oxygen atoms in total. The van der Waals surface area contributed by atoms with Gasteiger partial charge in [-0.15, -0.1) is 0 Å². The van der Waals surface area contributed by atoms with Crippen molar-refractivity contribution in [1.29, 1.82) is 0 Å². The lowest BCUT2D eigenvalue weighted by Crippen LogP contribution is -2.56. The van der Waals surface area contributed by atoms with Crippen LogP contribution in [-0.2, 0) is 9.59 Å². The fourth-order valence-corrected chi connectivity index (χ4v) is 2.13. The predicted molar refractivity (Wildman–Crippen MR) is 55.2 cm³/mol. The van der Waals surface area contributed by atoms with Gasteiger partial charge in [-0.1, -0.05) is 0 Å². The van der Waals surface area contributed by atoms with Crippen molar-refractivity contribution in [3.63, 3.8) is 0 Å². The van der Waals surface area contributed by atoms with Crippen LogP contribution in [0.5, 0.6) is 0 Å². The normalized spacial score (nSPS) is 32.5. The minimum atomic E-state index is -0.187. The summed E-state index contributed by atoms with van der Waals surface area (Å²) in [6, 6.07) is 0.176. The zero-order valence-electron chi connectivity index (χ0n) is 8.71. The molecule has 0 aromatic carbocycles. The molecular weight excluding hydrogens is 194 g/mol. The summed E-state index contributed by atoms with van der Waals surface area (Å²) >= 11 is 0. The monoisotopic (exact) mass is 211 g/mol. The maximum atomic E-state index is 11.5. The summed E-state index contributed by atoms with van der Waals surface area (Å²) in [4.78, 5) is 22.4. The number of hydrogen-bond donors (Lipinski definition) is 3. The van der Waals surface area contributed by atoms with E-state index >= 15 is 0 Å². The summed E-state index contributed by atoms with van der Waals surface area (Å²) < 4.78 is 0. The van der Waals surface area contributed by atoms with Gasteiger partial charge in [0.05, 0.1) is 6.04 Å². The van der Waals surface area contributed by atoms with Crippen molar-refractivity contribution in [1.82, 2.24) is 16.0 Å². The molecule has 3 N–H and O–H groups in total.